The second kappa shape index (κ2) is 7.24. The molecule has 2 fully saturated rings. The van der Waals surface area contributed by atoms with Crippen LogP contribution < -0.4 is 0 Å². The van der Waals surface area contributed by atoms with Crippen molar-refractivity contribution in [2.24, 2.45) is 0 Å². The third kappa shape index (κ3) is 3.52. The van der Waals surface area contributed by atoms with Crippen LogP contribution in [0.4, 0.5) is 0 Å². The molecular formula is C18H23N5O4. The number of para-hydroxylation sites is 1. The van der Waals surface area contributed by atoms with E-state index >= 15 is 0 Å². The Morgan fingerprint density at radius 1 is 1.11 bits per heavy atom. The predicted molar refractivity (Wildman–Crippen MR) is 95.9 cm³/mol. The summed E-state index contributed by atoms with van der Waals surface area (Å²) in [5.74, 6) is -0.190. The van der Waals surface area contributed by atoms with Gasteiger partial charge in [0.25, 0.3) is 5.91 Å². The summed E-state index contributed by atoms with van der Waals surface area (Å²) < 4.78 is 12.7. The van der Waals surface area contributed by atoms with Crippen LogP contribution in [0.1, 0.15) is 6.92 Å². The van der Waals surface area contributed by atoms with E-state index in [4.69, 9.17) is 9.47 Å². The molecule has 144 valence electrons. The van der Waals surface area contributed by atoms with E-state index < -0.39 is 5.60 Å². The van der Waals surface area contributed by atoms with Crippen LogP contribution in [0.3, 0.4) is 0 Å². The van der Waals surface area contributed by atoms with Crippen molar-refractivity contribution in [2.75, 3.05) is 46.0 Å². The third-order valence-electron chi connectivity index (χ3n) is 5.08. The van der Waals surface area contributed by atoms with Gasteiger partial charge in [-0.1, -0.05) is 17.3 Å². The van der Waals surface area contributed by atoms with Crippen molar-refractivity contribution in [1.82, 2.24) is 24.8 Å². The number of nitrogens with zero attached hydrogens (tertiary/aromatic N) is 5. The number of rotatable bonds is 3. The predicted octanol–water partition coefficient (Wildman–Crippen LogP) is -0.0924. The Kier molecular flexibility index (Phi) is 4.79. The van der Waals surface area contributed by atoms with Crippen molar-refractivity contribution in [3.8, 4) is 0 Å². The molecule has 2 saturated heterocycles. The van der Waals surface area contributed by atoms with Gasteiger partial charge in [-0.3, -0.25) is 9.59 Å². The second-order valence-electron chi connectivity index (χ2n) is 7.03. The summed E-state index contributed by atoms with van der Waals surface area (Å²) >= 11 is 0. The lowest BCUT2D eigenvalue weighted by atomic mass is 10.0. The van der Waals surface area contributed by atoms with E-state index in [9.17, 15) is 9.59 Å². The summed E-state index contributed by atoms with van der Waals surface area (Å²) in [4.78, 5) is 29.2. The highest BCUT2D eigenvalue weighted by molar-refractivity contribution is 5.87. The normalized spacial score (nSPS) is 23.6. The summed E-state index contributed by atoms with van der Waals surface area (Å²) in [5, 5.41) is 8.15. The Morgan fingerprint density at radius 2 is 1.85 bits per heavy atom. The minimum Gasteiger partial charge on any atom is -0.378 e. The summed E-state index contributed by atoms with van der Waals surface area (Å²) in [6.45, 7) is 5.03. The zero-order valence-electron chi connectivity index (χ0n) is 15.3. The molecule has 0 bridgehead atoms. The molecule has 2 aliphatic rings. The minimum absolute atomic E-state index is 0.0857. The number of hydrogen-bond acceptors (Lipinski definition) is 6. The van der Waals surface area contributed by atoms with Crippen LogP contribution in [0.15, 0.2) is 24.3 Å². The molecule has 1 aromatic carbocycles. The van der Waals surface area contributed by atoms with E-state index in [1.165, 1.54) is 0 Å². The molecule has 9 heteroatoms. The van der Waals surface area contributed by atoms with Gasteiger partial charge in [-0.25, -0.2) is 4.68 Å². The zero-order valence-corrected chi connectivity index (χ0v) is 15.3. The summed E-state index contributed by atoms with van der Waals surface area (Å²) in [6.07, 6.45) is 0. The number of morpholine rings is 2. The van der Waals surface area contributed by atoms with Crippen molar-refractivity contribution in [3.63, 3.8) is 0 Å². The number of hydrogen-bond donors (Lipinski definition) is 0. The van der Waals surface area contributed by atoms with E-state index in [2.05, 4.69) is 10.3 Å². The zero-order chi connectivity index (χ0) is 18.9. The van der Waals surface area contributed by atoms with Crippen LogP contribution in [0.2, 0.25) is 0 Å². The van der Waals surface area contributed by atoms with Crippen molar-refractivity contribution in [3.05, 3.63) is 24.3 Å². The molecule has 9 nitrogen and oxygen atoms in total. The first-order valence-corrected chi connectivity index (χ1v) is 9.14. The van der Waals surface area contributed by atoms with Crippen molar-refractivity contribution in [2.45, 2.75) is 19.1 Å². The van der Waals surface area contributed by atoms with Crippen LogP contribution in [0.25, 0.3) is 11.0 Å². The van der Waals surface area contributed by atoms with Gasteiger partial charge in [-0.15, -0.1) is 5.10 Å². The fraction of sp³-hybridized carbons (Fsp3) is 0.556. The molecule has 27 heavy (non-hydrogen) atoms. The Hall–Kier alpha value is -2.52. The molecule has 0 radical (unpaired) electrons. The van der Waals surface area contributed by atoms with Gasteiger partial charge < -0.3 is 19.3 Å². The maximum atomic E-state index is 12.9. The molecular weight excluding hydrogens is 350 g/mol. The van der Waals surface area contributed by atoms with Crippen LogP contribution in [-0.4, -0.2) is 88.2 Å². The first kappa shape index (κ1) is 17.9. The highest BCUT2D eigenvalue weighted by Gasteiger charge is 2.43. The van der Waals surface area contributed by atoms with Gasteiger partial charge in [0.1, 0.15) is 12.1 Å². The summed E-state index contributed by atoms with van der Waals surface area (Å²) in [6, 6.07) is 7.51. The molecule has 0 saturated carbocycles. The maximum absolute atomic E-state index is 12.9. The van der Waals surface area contributed by atoms with Crippen LogP contribution in [0, 0.1) is 0 Å². The standard InChI is InChI=1S/C18H23N5O4/c1-18(17(25)21-6-9-26-10-7-21)13-22(8-11-27-18)16(24)12-23-15-5-3-2-4-14(15)19-20-23/h2-5H,6-13H2,1H3. The van der Waals surface area contributed by atoms with E-state index in [1.54, 1.807) is 21.4 Å². The highest BCUT2D eigenvalue weighted by Crippen LogP contribution is 2.22. The Balaban J connectivity index is 1.45. The molecule has 0 N–H and O–H groups in total. The van der Waals surface area contributed by atoms with Crippen LogP contribution in [-0.2, 0) is 25.6 Å². The summed E-state index contributed by atoms with van der Waals surface area (Å²) in [7, 11) is 0. The first-order valence-electron chi connectivity index (χ1n) is 9.14. The van der Waals surface area contributed by atoms with E-state index in [-0.39, 0.29) is 24.9 Å². The summed E-state index contributed by atoms with van der Waals surface area (Å²) in [5.41, 5.74) is 0.529. The van der Waals surface area contributed by atoms with Crippen LogP contribution in [0.5, 0.6) is 0 Å². The molecule has 1 atom stereocenters. The fourth-order valence-electron chi connectivity index (χ4n) is 3.58. The number of benzene rings is 1. The lowest BCUT2D eigenvalue weighted by molar-refractivity contribution is -0.174. The van der Waals surface area contributed by atoms with Gasteiger partial charge in [0, 0.05) is 19.6 Å². The molecule has 2 amide bonds. The molecule has 1 aromatic heterocycles. The number of ether oxygens (including phenoxy) is 2. The first-order chi connectivity index (χ1) is 13.1. The highest BCUT2D eigenvalue weighted by atomic mass is 16.5. The average Bonchev–Trinajstić information content (AvgIpc) is 3.11. The van der Waals surface area contributed by atoms with E-state index in [0.29, 0.717) is 39.5 Å². The number of fused-ring (bicyclic) bond motifs is 1. The third-order valence-corrected chi connectivity index (χ3v) is 5.08. The largest absolute Gasteiger partial charge is 0.378 e. The molecule has 0 spiro atoms. The lowest BCUT2D eigenvalue weighted by Crippen LogP contribution is -2.61. The van der Waals surface area contributed by atoms with Gasteiger partial charge in [0.2, 0.25) is 5.91 Å². The maximum Gasteiger partial charge on any atom is 0.256 e. The molecule has 2 aromatic rings. The Bertz CT molecular complexity index is 847. The van der Waals surface area contributed by atoms with E-state index in [1.807, 2.05) is 24.3 Å². The topological polar surface area (TPSA) is 89.8 Å². The average molecular weight is 373 g/mol. The molecule has 1 unspecified atom stereocenters. The molecule has 2 aliphatic heterocycles. The SMILES string of the molecule is CC1(C(=O)N2CCOCC2)CN(C(=O)Cn2nnc3ccccc32)CCO1. The number of aromatic nitrogens is 3. The van der Waals surface area contributed by atoms with Gasteiger partial charge >= 0.3 is 0 Å². The lowest BCUT2D eigenvalue weighted by Gasteiger charge is -2.42. The Labute approximate surface area is 156 Å². The van der Waals surface area contributed by atoms with Gasteiger partial charge in [0.05, 0.1) is 31.9 Å². The number of carbonyl (C=O) groups is 2. The second-order valence-corrected chi connectivity index (χ2v) is 7.03. The van der Waals surface area contributed by atoms with E-state index in [0.717, 1.165) is 11.0 Å². The Morgan fingerprint density at radius 3 is 2.67 bits per heavy atom. The van der Waals surface area contributed by atoms with Crippen molar-refractivity contribution >= 4 is 22.8 Å². The number of carbonyl (C=O) groups excluding carboxylic acids is 2. The van der Waals surface area contributed by atoms with Gasteiger partial charge in [0.15, 0.2) is 5.60 Å². The van der Waals surface area contributed by atoms with Crippen molar-refractivity contribution < 1.29 is 19.1 Å². The molecule has 0 aliphatic carbocycles. The quantitative estimate of drug-likeness (QED) is 0.747. The minimum atomic E-state index is -1.03. The van der Waals surface area contributed by atoms with Gasteiger partial charge in [-0.2, -0.15) is 0 Å². The van der Waals surface area contributed by atoms with Crippen LogP contribution >= 0.6 is 0 Å². The fourth-order valence-corrected chi connectivity index (χ4v) is 3.58. The smallest absolute Gasteiger partial charge is 0.256 e. The monoisotopic (exact) mass is 373 g/mol. The molecule has 4 rings (SSSR count). The molecule has 3 heterocycles. The number of amides is 2. The van der Waals surface area contributed by atoms with Crippen molar-refractivity contribution in [1.29, 1.82) is 0 Å². The van der Waals surface area contributed by atoms with Gasteiger partial charge in [-0.05, 0) is 19.1 Å².